The van der Waals surface area contributed by atoms with Gasteiger partial charge in [-0.25, -0.2) is 14.6 Å². The van der Waals surface area contributed by atoms with E-state index in [1.807, 2.05) is 60.7 Å². The first kappa shape index (κ1) is 18.1. The second kappa shape index (κ2) is 7.79. The van der Waals surface area contributed by atoms with Gasteiger partial charge in [0, 0.05) is 24.2 Å². The van der Waals surface area contributed by atoms with Crippen LogP contribution >= 0.6 is 0 Å². The topological polar surface area (TPSA) is 86.7 Å². The highest BCUT2D eigenvalue weighted by Crippen LogP contribution is 2.29. The van der Waals surface area contributed by atoms with E-state index in [9.17, 15) is 4.79 Å². The molecule has 2 aromatic carbocycles. The Kier molecular flexibility index (Phi) is 4.87. The van der Waals surface area contributed by atoms with Crippen LogP contribution in [-0.4, -0.2) is 19.7 Å². The van der Waals surface area contributed by atoms with Crippen molar-refractivity contribution in [2.24, 2.45) is 7.05 Å². The number of nitrogen functional groups attached to an aromatic ring is 1. The summed E-state index contributed by atoms with van der Waals surface area (Å²) in [4.78, 5) is 21.0. The van der Waals surface area contributed by atoms with Crippen LogP contribution in [0.4, 0.5) is 5.82 Å². The zero-order chi connectivity index (χ0) is 20.2. The molecule has 4 aromatic rings. The molecule has 0 aliphatic heterocycles. The minimum atomic E-state index is -0.206. The van der Waals surface area contributed by atoms with Crippen molar-refractivity contribution in [1.29, 1.82) is 0 Å². The van der Waals surface area contributed by atoms with Crippen molar-refractivity contribution < 1.29 is 0 Å². The molecule has 0 amide bonds. The van der Waals surface area contributed by atoms with Gasteiger partial charge >= 0.3 is 0 Å². The van der Waals surface area contributed by atoms with Crippen LogP contribution in [0.5, 0.6) is 0 Å². The molecule has 2 N–H and O–H groups in total. The number of rotatable bonds is 2. The molecule has 29 heavy (non-hydrogen) atoms. The SMILES string of the molecule is Cn1nc(-c2nc(C#Cc3ccccc3)c(N)nc2-c2ccccc2)ccc1=O. The molecule has 0 radical (unpaired) electrons. The number of benzene rings is 2. The minimum Gasteiger partial charge on any atom is -0.381 e. The molecule has 0 bridgehead atoms. The van der Waals surface area contributed by atoms with Gasteiger partial charge in [0.15, 0.2) is 11.5 Å². The van der Waals surface area contributed by atoms with Crippen molar-refractivity contribution in [2.75, 3.05) is 5.73 Å². The molecule has 0 unspecified atom stereocenters. The van der Waals surface area contributed by atoms with E-state index in [1.165, 1.54) is 10.7 Å². The maximum atomic E-state index is 11.8. The lowest BCUT2D eigenvalue weighted by Crippen LogP contribution is -2.18. The summed E-state index contributed by atoms with van der Waals surface area (Å²) in [6, 6.07) is 22.2. The van der Waals surface area contributed by atoms with Gasteiger partial charge in [-0.3, -0.25) is 4.79 Å². The van der Waals surface area contributed by atoms with Crippen LogP contribution in [0.15, 0.2) is 77.6 Å². The Hall–Kier alpha value is -4.24. The van der Waals surface area contributed by atoms with Crippen molar-refractivity contribution in [2.45, 2.75) is 0 Å². The zero-order valence-electron chi connectivity index (χ0n) is 15.7. The van der Waals surface area contributed by atoms with Crippen LogP contribution < -0.4 is 11.3 Å². The Morgan fingerprint density at radius 1 is 0.828 bits per heavy atom. The van der Waals surface area contributed by atoms with E-state index in [-0.39, 0.29) is 11.4 Å². The van der Waals surface area contributed by atoms with Gasteiger partial charge in [-0.2, -0.15) is 5.10 Å². The maximum Gasteiger partial charge on any atom is 0.266 e. The van der Waals surface area contributed by atoms with Crippen molar-refractivity contribution in [3.05, 3.63) is 94.4 Å². The molecule has 140 valence electrons. The van der Waals surface area contributed by atoms with Crippen LogP contribution in [0.2, 0.25) is 0 Å². The van der Waals surface area contributed by atoms with Gasteiger partial charge in [-0.05, 0) is 24.1 Å². The number of aryl methyl sites for hydroxylation is 1. The Labute approximate surface area is 167 Å². The van der Waals surface area contributed by atoms with Gasteiger partial charge in [0.25, 0.3) is 5.56 Å². The molecule has 6 heteroatoms. The Morgan fingerprint density at radius 3 is 2.21 bits per heavy atom. The lowest BCUT2D eigenvalue weighted by atomic mass is 10.1. The summed E-state index contributed by atoms with van der Waals surface area (Å²) in [5, 5.41) is 4.33. The molecule has 0 atom stereocenters. The standard InChI is InChI=1S/C23H17N5O/c1-28-20(29)15-14-18(27-28)22-21(17-10-6-3-7-11-17)26-23(24)19(25-22)13-12-16-8-4-2-5-9-16/h2-11,14-15H,1H3,(H2,24,26). The van der Waals surface area contributed by atoms with Crippen LogP contribution in [-0.2, 0) is 7.05 Å². The van der Waals surface area contributed by atoms with Gasteiger partial charge in [0.05, 0.1) is 0 Å². The van der Waals surface area contributed by atoms with Crippen molar-refractivity contribution in [3.63, 3.8) is 0 Å². The van der Waals surface area contributed by atoms with Gasteiger partial charge < -0.3 is 5.73 Å². The first-order valence-corrected chi connectivity index (χ1v) is 8.96. The summed E-state index contributed by atoms with van der Waals surface area (Å²) in [5.74, 6) is 6.29. The molecular formula is C23H17N5O. The quantitative estimate of drug-likeness (QED) is 0.541. The number of anilines is 1. The summed E-state index contributed by atoms with van der Waals surface area (Å²) in [6.07, 6.45) is 0. The smallest absolute Gasteiger partial charge is 0.266 e. The first-order chi connectivity index (χ1) is 14.1. The lowest BCUT2D eigenvalue weighted by molar-refractivity contribution is 0.711. The number of hydrogen-bond acceptors (Lipinski definition) is 5. The summed E-state index contributed by atoms with van der Waals surface area (Å²) < 4.78 is 1.26. The molecule has 0 fully saturated rings. The fraction of sp³-hybridized carbons (Fsp3) is 0.0435. The van der Waals surface area contributed by atoms with Crippen molar-refractivity contribution >= 4 is 5.82 Å². The third-order valence-electron chi connectivity index (χ3n) is 4.27. The maximum absolute atomic E-state index is 11.8. The van der Waals surface area contributed by atoms with Crippen molar-refractivity contribution in [3.8, 4) is 34.5 Å². The second-order valence-corrected chi connectivity index (χ2v) is 6.32. The van der Waals surface area contributed by atoms with E-state index in [2.05, 4.69) is 26.9 Å². The molecule has 6 nitrogen and oxygen atoms in total. The molecule has 0 spiro atoms. The fourth-order valence-electron chi connectivity index (χ4n) is 2.80. The zero-order valence-corrected chi connectivity index (χ0v) is 15.7. The fourth-order valence-corrected chi connectivity index (χ4v) is 2.80. The van der Waals surface area contributed by atoms with E-state index >= 15 is 0 Å². The summed E-state index contributed by atoms with van der Waals surface area (Å²) >= 11 is 0. The molecule has 2 aromatic heterocycles. The molecule has 0 aliphatic carbocycles. The minimum absolute atomic E-state index is 0.206. The molecule has 0 saturated carbocycles. The van der Waals surface area contributed by atoms with Gasteiger partial charge in [0.1, 0.15) is 17.1 Å². The monoisotopic (exact) mass is 379 g/mol. The number of hydrogen-bond donors (Lipinski definition) is 1. The van der Waals surface area contributed by atoms with Gasteiger partial charge in [-0.15, -0.1) is 0 Å². The predicted molar refractivity (Wildman–Crippen MR) is 113 cm³/mol. The molecule has 0 saturated heterocycles. The normalized spacial score (nSPS) is 10.2. The van der Waals surface area contributed by atoms with E-state index in [1.54, 1.807) is 13.1 Å². The van der Waals surface area contributed by atoms with Crippen LogP contribution in [0, 0.1) is 11.8 Å². The van der Waals surface area contributed by atoms with Crippen LogP contribution in [0.25, 0.3) is 22.6 Å². The Morgan fingerprint density at radius 2 is 1.52 bits per heavy atom. The molecule has 4 rings (SSSR count). The Bertz CT molecular complexity index is 1290. The first-order valence-electron chi connectivity index (χ1n) is 8.96. The summed E-state index contributed by atoms with van der Waals surface area (Å²) in [7, 11) is 1.59. The molecule has 0 aliphatic rings. The third kappa shape index (κ3) is 3.89. The number of nitrogens with two attached hydrogens (primary N) is 1. The largest absolute Gasteiger partial charge is 0.381 e. The van der Waals surface area contributed by atoms with E-state index in [4.69, 9.17) is 5.73 Å². The highest BCUT2D eigenvalue weighted by molar-refractivity contribution is 5.78. The number of nitrogens with zero attached hydrogens (tertiary/aromatic N) is 4. The predicted octanol–water partition coefficient (Wildman–Crippen LogP) is 2.89. The van der Waals surface area contributed by atoms with Crippen molar-refractivity contribution in [1.82, 2.24) is 19.7 Å². The third-order valence-corrected chi connectivity index (χ3v) is 4.27. The highest BCUT2D eigenvalue weighted by atomic mass is 16.1. The van der Waals surface area contributed by atoms with Crippen LogP contribution in [0.3, 0.4) is 0 Å². The second-order valence-electron chi connectivity index (χ2n) is 6.32. The van der Waals surface area contributed by atoms with Crippen LogP contribution in [0.1, 0.15) is 11.3 Å². The molecule has 2 heterocycles. The van der Waals surface area contributed by atoms with E-state index < -0.39 is 0 Å². The number of aromatic nitrogens is 4. The van der Waals surface area contributed by atoms with Gasteiger partial charge in [0.2, 0.25) is 0 Å². The van der Waals surface area contributed by atoms with E-state index in [0.29, 0.717) is 22.8 Å². The molecular weight excluding hydrogens is 362 g/mol. The Balaban J connectivity index is 1.91. The average molecular weight is 379 g/mol. The average Bonchev–Trinajstić information content (AvgIpc) is 2.76. The lowest BCUT2D eigenvalue weighted by Gasteiger charge is -2.10. The highest BCUT2D eigenvalue weighted by Gasteiger charge is 2.16. The summed E-state index contributed by atoms with van der Waals surface area (Å²) in [6.45, 7) is 0. The van der Waals surface area contributed by atoms with Gasteiger partial charge in [-0.1, -0.05) is 54.5 Å². The summed E-state index contributed by atoms with van der Waals surface area (Å²) in [5.41, 5.74) is 9.63. The van der Waals surface area contributed by atoms with E-state index in [0.717, 1.165) is 11.1 Å².